The Balaban J connectivity index is 1.52. The number of carbonyl (C=O) groups excluding carboxylic acids is 1. The number of benzene rings is 2. The number of hydrogen-bond acceptors (Lipinski definition) is 4. The zero-order chi connectivity index (χ0) is 20.9. The van der Waals surface area contributed by atoms with Gasteiger partial charge in [-0.3, -0.25) is 4.79 Å². The van der Waals surface area contributed by atoms with E-state index in [2.05, 4.69) is 0 Å². The molecule has 0 radical (unpaired) electrons. The van der Waals surface area contributed by atoms with Gasteiger partial charge in [-0.25, -0.2) is 17.2 Å². The van der Waals surface area contributed by atoms with E-state index in [1.807, 2.05) is 30.3 Å². The molecule has 5 nitrogen and oxygen atoms in total. The third kappa shape index (κ3) is 5.88. The fourth-order valence-corrected chi connectivity index (χ4v) is 4.86. The number of piperazine rings is 1. The molecule has 3 rings (SSSR count). The summed E-state index contributed by atoms with van der Waals surface area (Å²) < 4.78 is 53.1. The van der Waals surface area contributed by atoms with Crippen molar-refractivity contribution in [1.29, 1.82) is 0 Å². The lowest BCUT2D eigenvalue weighted by Gasteiger charge is -2.33. The smallest absolute Gasteiger partial charge is 0.236 e. The van der Waals surface area contributed by atoms with Crippen LogP contribution >= 0.6 is 11.8 Å². The summed E-state index contributed by atoms with van der Waals surface area (Å²) in [5.74, 6) is -1.43. The fraction of sp³-hybridized carbons (Fsp3) is 0.250. The first-order valence-corrected chi connectivity index (χ1v) is 11.4. The summed E-state index contributed by atoms with van der Waals surface area (Å²) in [7, 11) is -3.58. The highest BCUT2D eigenvalue weighted by Crippen LogP contribution is 2.23. The van der Waals surface area contributed by atoms with Crippen molar-refractivity contribution in [1.82, 2.24) is 9.21 Å². The molecule has 9 heteroatoms. The molecular formula is C20H20F2N2O3S2. The second-order valence-electron chi connectivity index (χ2n) is 6.40. The Kier molecular flexibility index (Phi) is 7.05. The number of amides is 1. The van der Waals surface area contributed by atoms with Crippen LogP contribution in [0, 0.1) is 11.6 Å². The van der Waals surface area contributed by atoms with E-state index in [4.69, 9.17) is 0 Å². The molecular weight excluding hydrogens is 418 g/mol. The first-order chi connectivity index (χ1) is 13.8. The minimum Gasteiger partial charge on any atom is -0.339 e. The number of rotatable bonds is 6. The van der Waals surface area contributed by atoms with Gasteiger partial charge in [0, 0.05) is 36.5 Å². The van der Waals surface area contributed by atoms with E-state index in [-0.39, 0.29) is 42.7 Å². The van der Waals surface area contributed by atoms with Gasteiger partial charge in [0.25, 0.3) is 0 Å². The average Bonchev–Trinajstić information content (AvgIpc) is 2.73. The van der Waals surface area contributed by atoms with Crippen LogP contribution in [0.25, 0.3) is 6.08 Å². The largest absolute Gasteiger partial charge is 0.339 e. The maximum absolute atomic E-state index is 13.6. The summed E-state index contributed by atoms with van der Waals surface area (Å²) >= 11 is 0.926. The van der Waals surface area contributed by atoms with Crippen LogP contribution in [0.4, 0.5) is 8.78 Å². The topological polar surface area (TPSA) is 57.7 Å². The van der Waals surface area contributed by atoms with Crippen LogP contribution in [0.2, 0.25) is 0 Å². The molecule has 1 aliphatic heterocycles. The number of carbonyl (C=O) groups is 1. The van der Waals surface area contributed by atoms with Crippen molar-refractivity contribution in [2.24, 2.45) is 0 Å². The van der Waals surface area contributed by atoms with Gasteiger partial charge in [0.2, 0.25) is 15.9 Å². The second-order valence-corrected chi connectivity index (χ2v) is 9.24. The Morgan fingerprint density at radius 2 is 1.72 bits per heavy atom. The highest BCUT2D eigenvalue weighted by molar-refractivity contribution is 8.00. The third-order valence-electron chi connectivity index (χ3n) is 4.43. The van der Waals surface area contributed by atoms with Crippen molar-refractivity contribution in [3.05, 3.63) is 71.1 Å². The zero-order valence-corrected chi connectivity index (χ0v) is 17.1. The number of thioether (sulfide) groups is 1. The minimum absolute atomic E-state index is 0.0406. The first-order valence-electron chi connectivity index (χ1n) is 8.94. The van der Waals surface area contributed by atoms with Gasteiger partial charge < -0.3 is 4.90 Å². The van der Waals surface area contributed by atoms with Gasteiger partial charge in [-0.15, -0.1) is 11.8 Å². The first kappa shape index (κ1) is 21.5. The molecule has 0 aromatic heterocycles. The van der Waals surface area contributed by atoms with Crippen molar-refractivity contribution in [2.45, 2.75) is 4.90 Å². The van der Waals surface area contributed by atoms with Crippen molar-refractivity contribution < 1.29 is 22.0 Å². The lowest BCUT2D eigenvalue weighted by Crippen LogP contribution is -2.50. The van der Waals surface area contributed by atoms with E-state index in [0.29, 0.717) is 0 Å². The molecule has 0 saturated carbocycles. The Bertz CT molecular complexity index is 990. The molecule has 0 N–H and O–H groups in total. The summed E-state index contributed by atoms with van der Waals surface area (Å²) in [6, 6.07) is 12.2. The molecule has 2 aromatic carbocycles. The average molecular weight is 439 g/mol. The Morgan fingerprint density at radius 3 is 2.41 bits per heavy atom. The van der Waals surface area contributed by atoms with Gasteiger partial charge in [0.05, 0.1) is 5.75 Å². The van der Waals surface area contributed by atoms with Gasteiger partial charge in [-0.05, 0) is 29.8 Å². The molecule has 0 unspecified atom stereocenters. The molecule has 29 heavy (non-hydrogen) atoms. The van der Waals surface area contributed by atoms with Gasteiger partial charge in [-0.1, -0.05) is 30.3 Å². The highest BCUT2D eigenvalue weighted by Gasteiger charge is 2.27. The lowest BCUT2D eigenvalue weighted by molar-refractivity contribution is -0.129. The molecule has 0 bridgehead atoms. The Hall–Kier alpha value is -2.23. The number of nitrogens with zero attached hydrogens (tertiary/aromatic N) is 2. The summed E-state index contributed by atoms with van der Waals surface area (Å²) in [6.07, 6.45) is 1.54. The molecule has 1 heterocycles. The quantitative estimate of drug-likeness (QED) is 0.650. The maximum Gasteiger partial charge on any atom is 0.236 e. The van der Waals surface area contributed by atoms with Crippen molar-refractivity contribution in [2.75, 3.05) is 31.9 Å². The summed E-state index contributed by atoms with van der Waals surface area (Å²) in [5.41, 5.74) is 0.784. The SMILES string of the molecule is O=C(CSc1cc(F)ccc1F)N1CCN(S(=O)(=O)/C=C/c2ccccc2)CC1. The summed E-state index contributed by atoms with van der Waals surface area (Å²) in [4.78, 5) is 14.0. The van der Waals surface area contributed by atoms with Crippen LogP contribution in [0.5, 0.6) is 0 Å². The maximum atomic E-state index is 13.6. The van der Waals surface area contributed by atoms with Crippen LogP contribution in [0.3, 0.4) is 0 Å². The Labute approximate surface area is 173 Å². The van der Waals surface area contributed by atoms with Crippen LogP contribution in [0.1, 0.15) is 5.56 Å². The predicted molar refractivity (Wildman–Crippen MR) is 110 cm³/mol. The van der Waals surface area contributed by atoms with Crippen molar-refractivity contribution in [3.8, 4) is 0 Å². The molecule has 1 fully saturated rings. The van der Waals surface area contributed by atoms with Gasteiger partial charge in [-0.2, -0.15) is 4.31 Å². The van der Waals surface area contributed by atoms with E-state index in [0.717, 1.165) is 35.5 Å². The summed E-state index contributed by atoms with van der Waals surface area (Å²) in [5, 5.41) is 1.17. The number of halogens is 2. The lowest BCUT2D eigenvalue weighted by atomic mass is 10.2. The number of hydrogen-bond donors (Lipinski definition) is 0. The number of sulfonamides is 1. The standard InChI is InChI=1S/C20H20F2N2O3S2/c21-17-6-7-18(22)19(14-17)28-15-20(25)23-9-11-24(12-10-23)29(26,27)13-8-16-4-2-1-3-5-16/h1-8,13-14H,9-12,15H2/b13-8+. The molecule has 1 amide bonds. The predicted octanol–water partition coefficient (Wildman–Crippen LogP) is 3.20. The molecule has 2 aromatic rings. The van der Waals surface area contributed by atoms with Crippen molar-refractivity contribution >= 4 is 33.8 Å². The van der Waals surface area contributed by atoms with Crippen LogP contribution in [-0.4, -0.2) is 55.5 Å². The van der Waals surface area contributed by atoms with Gasteiger partial charge in [0.1, 0.15) is 11.6 Å². The second kappa shape index (κ2) is 9.51. The molecule has 154 valence electrons. The van der Waals surface area contributed by atoms with E-state index >= 15 is 0 Å². The molecule has 0 aliphatic carbocycles. The van der Waals surface area contributed by atoms with E-state index in [9.17, 15) is 22.0 Å². The van der Waals surface area contributed by atoms with Crippen LogP contribution in [0.15, 0.2) is 58.8 Å². The fourth-order valence-electron chi connectivity index (χ4n) is 2.83. The minimum atomic E-state index is -3.58. The van der Waals surface area contributed by atoms with Crippen molar-refractivity contribution in [3.63, 3.8) is 0 Å². The molecule has 0 atom stereocenters. The van der Waals surface area contributed by atoms with E-state index in [1.165, 1.54) is 20.7 Å². The normalized spacial score (nSPS) is 15.7. The monoisotopic (exact) mass is 438 g/mol. The molecule has 1 saturated heterocycles. The van der Waals surface area contributed by atoms with Crippen LogP contribution < -0.4 is 0 Å². The Morgan fingerprint density at radius 1 is 1.03 bits per heavy atom. The third-order valence-corrected chi connectivity index (χ3v) is 7.01. The van der Waals surface area contributed by atoms with Crippen LogP contribution in [-0.2, 0) is 14.8 Å². The van der Waals surface area contributed by atoms with E-state index in [1.54, 1.807) is 0 Å². The summed E-state index contributed by atoms with van der Waals surface area (Å²) in [6.45, 7) is 0.880. The molecule has 1 aliphatic rings. The van der Waals surface area contributed by atoms with E-state index < -0.39 is 21.7 Å². The molecule has 0 spiro atoms. The zero-order valence-electron chi connectivity index (χ0n) is 15.5. The van der Waals surface area contributed by atoms with Gasteiger partial charge in [0.15, 0.2) is 0 Å². The highest BCUT2D eigenvalue weighted by atomic mass is 32.2. The van der Waals surface area contributed by atoms with Gasteiger partial charge >= 0.3 is 0 Å².